The predicted molar refractivity (Wildman–Crippen MR) is 128 cm³/mol. The first-order chi connectivity index (χ1) is 15.6. The Morgan fingerprint density at radius 2 is 1.70 bits per heavy atom. The van der Waals surface area contributed by atoms with Crippen molar-refractivity contribution < 1.29 is 22.4 Å². The number of sulfonamides is 1. The SMILES string of the molecule is CCCNC(=O)[C@@H](CC)N(Cc1ccccc1C)C(=O)CN(c1ccc(F)cc1)S(C)(=O)=O. The number of rotatable bonds is 11. The Labute approximate surface area is 195 Å². The highest BCUT2D eigenvalue weighted by Crippen LogP contribution is 2.21. The summed E-state index contributed by atoms with van der Waals surface area (Å²) in [6.07, 6.45) is 2.10. The molecule has 0 aromatic heterocycles. The summed E-state index contributed by atoms with van der Waals surface area (Å²) in [5.41, 5.74) is 1.99. The predicted octanol–water partition coefficient (Wildman–Crippen LogP) is 3.23. The first-order valence-electron chi connectivity index (χ1n) is 10.9. The summed E-state index contributed by atoms with van der Waals surface area (Å²) in [5.74, 6) is -1.32. The van der Waals surface area contributed by atoms with Crippen LogP contribution in [0.2, 0.25) is 0 Å². The van der Waals surface area contributed by atoms with Gasteiger partial charge in [0, 0.05) is 13.1 Å². The quantitative estimate of drug-likeness (QED) is 0.538. The van der Waals surface area contributed by atoms with Crippen molar-refractivity contribution in [2.45, 2.75) is 46.2 Å². The Bertz CT molecular complexity index is 1060. The maximum absolute atomic E-state index is 13.5. The number of nitrogens with zero attached hydrogens (tertiary/aromatic N) is 2. The van der Waals surface area contributed by atoms with E-state index in [-0.39, 0.29) is 18.1 Å². The smallest absolute Gasteiger partial charge is 0.244 e. The topological polar surface area (TPSA) is 86.8 Å². The number of aryl methyl sites for hydroxylation is 1. The summed E-state index contributed by atoms with van der Waals surface area (Å²) in [6, 6.07) is 11.6. The van der Waals surface area contributed by atoms with E-state index in [1.54, 1.807) is 0 Å². The maximum Gasteiger partial charge on any atom is 0.244 e. The van der Waals surface area contributed by atoms with Gasteiger partial charge in [-0.25, -0.2) is 12.8 Å². The molecule has 0 unspecified atom stereocenters. The molecule has 0 aliphatic carbocycles. The minimum absolute atomic E-state index is 0.157. The van der Waals surface area contributed by atoms with Crippen molar-refractivity contribution in [3.8, 4) is 0 Å². The minimum Gasteiger partial charge on any atom is -0.354 e. The van der Waals surface area contributed by atoms with Crippen LogP contribution in [-0.4, -0.2) is 50.5 Å². The van der Waals surface area contributed by atoms with Gasteiger partial charge in [0.05, 0.1) is 11.9 Å². The van der Waals surface area contributed by atoms with Crippen LogP contribution in [0.25, 0.3) is 0 Å². The number of carbonyl (C=O) groups is 2. The Balaban J connectivity index is 2.42. The average Bonchev–Trinajstić information content (AvgIpc) is 2.77. The number of halogens is 1. The van der Waals surface area contributed by atoms with Crippen molar-refractivity contribution in [2.24, 2.45) is 0 Å². The second-order valence-corrected chi connectivity index (χ2v) is 9.82. The molecule has 7 nitrogen and oxygen atoms in total. The van der Waals surface area contributed by atoms with Gasteiger partial charge in [0.15, 0.2) is 0 Å². The lowest BCUT2D eigenvalue weighted by Gasteiger charge is -2.33. The molecule has 2 aromatic carbocycles. The Morgan fingerprint density at radius 1 is 1.06 bits per heavy atom. The van der Waals surface area contributed by atoms with Crippen molar-refractivity contribution in [3.63, 3.8) is 0 Å². The lowest BCUT2D eigenvalue weighted by atomic mass is 10.1. The molecule has 2 aromatic rings. The van der Waals surface area contributed by atoms with E-state index in [4.69, 9.17) is 0 Å². The molecule has 0 aliphatic heterocycles. The summed E-state index contributed by atoms with van der Waals surface area (Å²) in [4.78, 5) is 27.8. The van der Waals surface area contributed by atoms with Gasteiger partial charge >= 0.3 is 0 Å². The molecule has 180 valence electrons. The summed E-state index contributed by atoms with van der Waals surface area (Å²) in [7, 11) is -3.84. The summed E-state index contributed by atoms with van der Waals surface area (Å²) in [5, 5.41) is 2.83. The first-order valence-corrected chi connectivity index (χ1v) is 12.8. The fraction of sp³-hybridized carbons (Fsp3) is 0.417. The number of hydrogen-bond acceptors (Lipinski definition) is 4. The molecule has 33 heavy (non-hydrogen) atoms. The number of amides is 2. The van der Waals surface area contributed by atoms with Gasteiger partial charge in [-0.2, -0.15) is 0 Å². The number of hydrogen-bond donors (Lipinski definition) is 1. The van der Waals surface area contributed by atoms with Gasteiger partial charge < -0.3 is 10.2 Å². The van der Waals surface area contributed by atoms with Gasteiger partial charge in [0.25, 0.3) is 0 Å². The fourth-order valence-corrected chi connectivity index (χ4v) is 4.33. The second-order valence-electron chi connectivity index (χ2n) is 7.91. The molecule has 0 saturated heterocycles. The van der Waals surface area contributed by atoms with Crippen molar-refractivity contribution in [3.05, 3.63) is 65.5 Å². The Morgan fingerprint density at radius 3 is 2.24 bits per heavy atom. The van der Waals surface area contributed by atoms with E-state index in [1.807, 2.05) is 45.0 Å². The zero-order chi connectivity index (χ0) is 24.6. The largest absolute Gasteiger partial charge is 0.354 e. The third-order valence-corrected chi connectivity index (χ3v) is 6.47. The second kappa shape index (κ2) is 11.8. The van der Waals surface area contributed by atoms with Crippen LogP contribution in [0.5, 0.6) is 0 Å². The van der Waals surface area contributed by atoms with Crippen LogP contribution in [0, 0.1) is 12.7 Å². The molecular formula is C24H32FN3O4S. The summed E-state index contributed by atoms with van der Waals surface area (Å²) >= 11 is 0. The van der Waals surface area contributed by atoms with Crippen LogP contribution in [0.15, 0.2) is 48.5 Å². The molecule has 0 bridgehead atoms. The Hall–Kier alpha value is -2.94. The van der Waals surface area contributed by atoms with Crippen LogP contribution in [0.3, 0.4) is 0 Å². The van der Waals surface area contributed by atoms with E-state index in [2.05, 4.69) is 5.32 Å². The lowest BCUT2D eigenvalue weighted by molar-refractivity contribution is -0.140. The van der Waals surface area contributed by atoms with Crippen LogP contribution in [-0.2, 0) is 26.2 Å². The fourth-order valence-electron chi connectivity index (χ4n) is 3.48. The van der Waals surface area contributed by atoms with Gasteiger partial charge in [0.2, 0.25) is 21.8 Å². The molecule has 9 heteroatoms. The molecule has 0 spiro atoms. The number of anilines is 1. The van der Waals surface area contributed by atoms with Gasteiger partial charge in [-0.15, -0.1) is 0 Å². The van der Waals surface area contributed by atoms with Gasteiger partial charge in [0.1, 0.15) is 18.4 Å². The highest BCUT2D eigenvalue weighted by molar-refractivity contribution is 7.92. The van der Waals surface area contributed by atoms with Gasteiger partial charge in [-0.1, -0.05) is 38.1 Å². The third-order valence-electron chi connectivity index (χ3n) is 5.33. The van der Waals surface area contributed by atoms with Crippen LogP contribution in [0.4, 0.5) is 10.1 Å². The molecule has 0 aliphatic rings. The van der Waals surface area contributed by atoms with E-state index in [0.29, 0.717) is 13.0 Å². The summed E-state index contributed by atoms with van der Waals surface area (Å²) in [6.45, 7) is 5.79. The van der Waals surface area contributed by atoms with E-state index < -0.39 is 34.3 Å². The molecule has 2 amide bonds. The highest BCUT2D eigenvalue weighted by Gasteiger charge is 2.31. The number of carbonyl (C=O) groups excluding carboxylic acids is 2. The maximum atomic E-state index is 13.5. The minimum atomic E-state index is -3.84. The van der Waals surface area contributed by atoms with Crippen LogP contribution in [0.1, 0.15) is 37.8 Å². The standard InChI is InChI=1S/C24H32FN3O4S/c1-5-15-26-24(30)22(6-2)27(16-19-10-8-7-9-18(19)3)23(29)17-28(33(4,31)32)21-13-11-20(25)12-14-21/h7-14,22H,5-6,15-17H2,1-4H3,(H,26,30)/t22-/m1/s1. The van der Waals surface area contributed by atoms with Crippen molar-refractivity contribution in [2.75, 3.05) is 23.7 Å². The molecule has 0 saturated carbocycles. The Kier molecular flexibility index (Phi) is 9.40. The molecule has 2 rings (SSSR count). The monoisotopic (exact) mass is 477 g/mol. The number of benzene rings is 2. The first kappa shape index (κ1) is 26.3. The van der Waals surface area contributed by atoms with Crippen molar-refractivity contribution >= 4 is 27.5 Å². The molecule has 0 radical (unpaired) electrons. The third kappa shape index (κ3) is 7.28. The van der Waals surface area contributed by atoms with Gasteiger partial charge in [-0.3, -0.25) is 13.9 Å². The molecule has 0 heterocycles. The molecular weight excluding hydrogens is 445 g/mol. The zero-order valence-corrected chi connectivity index (χ0v) is 20.4. The lowest BCUT2D eigenvalue weighted by Crippen LogP contribution is -2.52. The molecule has 1 atom stereocenters. The average molecular weight is 478 g/mol. The molecule has 1 N–H and O–H groups in total. The van der Waals surface area contributed by atoms with Crippen molar-refractivity contribution in [1.82, 2.24) is 10.2 Å². The van der Waals surface area contributed by atoms with Crippen LogP contribution >= 0.6 is 0 Å². The molecule has 0 fully saturated rings. The van der Waals surface area contributed by atoms with Crippen LogP contribution < -0.4 is 9.62 Å². The normalized spacial score (nSPS) is 12.2. The highest BCUT2D eigenvalue weighted by atomic mass is 32.2. The summed E-state index contributed by atoms with van der Waals surface area (Å²) < 4.78 is 39.3. The van der Waals surface area contributed by atoms with Crippen molar-refractivity contribution in [1.29, 1.82) is 0 Å². The van der Waals surface area contributed by atoms with E-state index in [0.717, 1.165) is 40.2 Å². The van der Waals surface area contributed by atoms with E-state index >= 15 is 0 Å². The zero-order valence-electron chi connectivity index (χ0n) is 19.5. The number of nitrogens with one attached hydrogen (secondary N) is 1. The van der Waals surface area contributed by atoms with E-state index in [9.17, 15) is 22.4 Å². The van der Waals surface area contributed by atoms with E-state index in [1.165, 1.54) is 17.0 Å². The van der Waals surface area contributed by atoms with Gasteiger partial charge in [-0.05, 0) is 55.2 Å².